The van der Waals surface area contributed by atoms with Gasteiger partial charge in [0.2, 0.25) is 0 Å². The van der Waals surface area contributed by atoms with Crippen LogP contribution in [0.4, 0.5) is 5.69 Å². The quantitative estimate of drug-likeness (QED) is 0.401. The molecular weight excluding hydrogens is 459 g/mol. The van der Waals surface area contributed by atoms with E-state index in [1.54, 1.807) is 0 Å². The average molecular weight is 490 g/mol. The number of ether oxygens (including phenoxy) is 1. The molecule has 0 aliphatic carbocycles. The maximum absolute atomic E-state index is 5.42. The van der Waals surface area contributed by atoms with Crippen molar-refractivity contribution in [2.75, 3.05) is 57.1 Å². The van der Waals surface area contributed by atoms with Crippen molar-refractivity contribution in [3.63, 3.8) is 0 Å². The van der Waals surface area contributed by atoms with Gasteiger partial charge in [-0.2, -0.15) is 11.8 Å². The molecule has 0 atom stereocenters. The highest BCUT2D eigenvalue weighted by molar-refractivity contribution is 14.0. The Bertz CT molecular complexity index is 588. The zero-order valence-corrected chi connectivity index (χ0v) is 19.2. The van der Waals surface area contributed by atoms with Crippen LogP contribution in [0.25, 0.3) is 0 Å². The minimum absolute atomic E-state index is 0. The highest BCUT2D eigenvalue weighted by atomic mass is 127. The molecule has 5 nitrogen and oxygen atoms in total. The molecule has 0 saturated carbocycles. The lowest BCUT2D eigenvalue weighted by Gasteiger charge is -2.39. The fourth-order valence-electron chi connectivity index (χ4n) is 3.36. The topological polar surface area (TPSA) is 40.1 Å². The fraction of sp³-hybridized carbons (Fsp3) is 0.632. The van der Waals surface area contributed by atoms with Gasteiger partial charge in [-0.25, -0.2) is 0 Å². The number of benzene rings is 1. The van der Waals surface area contributed by atoms with Gasteiger partial charge in [-0.1, -0.05) is 12.1 Å². The van der Waals surface area contributed by atoms with Gasteiger partial charge in [-0.15, -0.1) is 24.0 Å². The second kappa shape index (κ2) is 10.0. The van der Waals surface area contributed by atoms with Gasteiger partial charge in [0.05, 0.1) is 13.2 Å². The number of anilines is 1. The zero-order chi connectivity index (χ0) is 17.7. The summed E-state index contributed by atoms with van der Waals surface area (Å²) in [5.41, 5.74) is 2.56. The van der Waals surface area contributed by atoms with Crippen molar-refractivity contribution < 1.29 is 4.74 Å². The first-order chi connectivity index (χ1) is 12.1. The molecule has 1 aromatic rings. The van der Waals surface area contributed by atoms with Crippen molar-refractivity contribution in [3.05, 3.63) is 29.8 Å². The summed E-state index contributed by atoms with van der Waals surface area (Å²) >= 11 is 2.04. The van der Waals surface area contributed by atoms with Crippen molar-refractivity contribution in [2.24, 2.45) is 4.99 Å². The molecule has 0 unspecified atom stereocenters. The van der Waals surface area contributed by atoms with Crippen LogP contribution in [0.2, 0.25) is 0 Å². The molecule has 26 heavy (non-hydrogen) atoms. The molecule has 7 heteroatoms. The van der Waals surface area contributed by atoms with E-state index in [1.165, 1.54) is 11.3 Å². The number of thioether (sulfide) groups is 1. The van der Waals surface area contributed by atoms with E-state index >= 15 is 0 Å². The van der Waals surface area contributed by atoms with Crippen molar-refractivity contribution in [1.29, 1.82) is 0 Å². The van der Waals surface area contributed by atoms with Crippen LogP contribution in [0.5, 0.6) is 0 Å². The van der Waals surface area contributed by atoms with Crippen LogP contribution in [-0.2, 0) is 11.3 Å². The smallest absolute Gasteiger partial charge is 0.193 e. The summed E-state index contributed by atoms with van der Waals surface area (Å²) in [4.78, 5) is 9.24. The van der Waals surface area contributed by atoms with E-state index in [9.17, 15) is 0 Å². The first-order valence-electron chi connectivity index (χ1n) is 9.09. The van der Waals surface area contributed by atoms with E-state index in [2.05, 4.69) is 58.2 Å². The highest BCUT2D eigenvalue weighted by Crippen LogP contribution is 2.29. The number of nitrogens with zero attached hydrogens (tertiary/aromatic N) is 3. The first-order valence-corrected chi connectivity index (χ1v) is 10.1. The zero-order valence-electron chi connectivity index (χ0n) is 16.0. The molecule has 2 fully saturated rings. The molecule has 0 aromatic heterocycles. The van der Waals surface area contributed by atoms with Crippen LogP contribution >= 0.6 is 35.7 Å². The SMILES string of the molecule is CN=C(NCc1ccc(N2CCOCC2)cc1)N1CCSC(C)(C)C1.I. The molecule has 0 amide bonds. The lowest BCUT2D eigenvalue weighted by atomic mass is 10.2. The van der Waals surface area contributed by atoms with Gasteiger partial charge in [0.1, 0.15) is 0 Å². The van der Waals surface area contributed by atoms with E-state index in [1.807, 2.05) is 18.8 Å². The number of hydrogen-bond acceptors (Lipinski definition) is 4. The summed E-state index contributed by atoms with van der Waals surface area (Å²) in [6.07, 6.45) is 0. The average Bonchev–Trinajstić information content (AvgIpc) is 2.63. The van der Waals surface area contributed by atoms with Crippen LogP contribution in [0.1, 0.15) is 19.4 Å². The van der Waals surface area contributed by atoms with E-state index in [0.29, 0.717) is 0 Å². The third-order valence-electron chi connectivity index (χ3n) is 4.70. The number of aliphatic imine (C=N–C) groups is 1. The summed E-state index contributed by atoms with van der Waals surface area (Å²) < 4.78 is 5.71. The maximum atomic E-state index is 5.42. The Morgan fingerprint density at radius 2 is 1.88 bits per heavy atom. The van der Waals surface area contributed by atoms with Crippen LogP contribution in [0.15, 0.2) is 29.3 Å². The number of guanidine groups is 1. The molecule has 0 bridgehead atoms. The Morgan fingerprint density at radius 1 is 1.19 bits per heavy atom. The first kappa shape index (κ1) is 21.6. The molecule has 2 aliphatic heterocycles. The van der Waals surface area contributed by atoms with E-state index in [-0.39, 0.29) is 28.7 Å². The van der Waals surface area contributed by atoms with Crippen LogP contribution in [0, 0.1) is 0 Å². The van der Waals surface area contributed by atoms with Gasteiger partial charge in [0, 0.05) is 56.0 Å². The Hall–Kier alpha value is -0.670. The standard InChI is InChI=1S/C19H30N4OS.HI/c1-19(2)15-23(10-13-25-19)18(20-3)21-14-16-4-6-17(7-5-16)22-8-11-24-12-9-22;/h4-7H,8-15H2,1-3H3,(H,20,21);1H. The predicted octanol–water partition coefficient (Wildman–Crippen LogP) is 3.04. The number of nitrogens with one attached hydrogen (secondary N) is 1. The third-order valence-corrected chi connectivity index (χ3v) is 6.00. The molecule has 2 aliphatic rings. The van der Waals surface area contributed by atoms with E-state index in [4.69, 9.17) is 4.74 Å². The van der Waals surface area contributed by atoms with Crippen LogP contribution in [-0.4, -0.2) is 67.8 Å². The van der Waals surface area contributed by atoms with Gasteiger partial charge in [-0.3, -0.25) is 4.99 Å². The van der Waals surface area contributed by atoms with Crippen molar-refractivity contribution >= 4 is 47.4 Å². The third kappa shape index (κ3) is 5.92. The maximum Gasteiger partial charge on any atom is 0.193 e. The monoisotopic (exact) mass is 490 g/mol. The number of hydrogen-bond donors (Lipinski definition) is 1. The highest BCUT2D eigenvalue weighted by Gasteiger charge is 2.28. The lowest BCUT2D eigenvalue weighted by molar-refractivity contribution is 0.122. The number of morpholine rings is 1. The fourth-order valence-corrected chi connectivity index (χ4v) is 4.47. The molecule has 2 heterocycles. The molecule has 2 saturated heterocycles. The normalized spacial score (nSPS) is 20.5. The van der Waals surface area contributed by atoms with Gasteiger partial charge in [0.15, 0.2) is 5.96 Å². The Kier molecular flexibility index (Phi) is 8.35. The van der Waals surface area contributed by atoms with Gasteiger partial charge in [0.25, 0.3) is 0 Å². The molecule has 146 valence electrons. The molecule has 1 N–H and O–H groups in total. The second-order valence-electron chi connectivity index (χ2n) is 7.20. The van der Waals surface area contributed by atoms with E-state index in [0.717, 1.165) is 57.6 Å². The Balaban J connectivity index is 0.00000243. The minimum atomic E-state index is 0. The van der Waals surface area contributed by atoms with Crippen molar-refractivity contribution in [3.8, 4) is 0 Å². The van der Waals surface area contributed by atoms with Gasteiger partial charge < -0.3 is 19.9 Å². The Morgan fingerprint density at radius 3 is 2.50 bits per heavy atom. The predicted molar refractivity (Wildman–Crippen MR) is 123 cm³/mol. The van der Waals surface area contributed by atoms with Gasteiger partial charge in [-0.05, 0) is 31.5 Å². The summed E-state index contributed by atoms with van der Waals surface area (Å²) in [6.45, 7) is 11.1. The van der Waals surface area contributed by atoms with Crippen molar-refractivity contribution in [1.82, 2.24) is 10.2 Å². The summed E-state index contributed by atoms with van der Waals surface area (Å²) in [6, 6.07) is 8.85. The van der Waals surface area contributed by atoms with Crippen LogP contribution in [0.3, 0.4) is 0 Å². The molecule has 0 radical (unpaired) electrons. The van der Waals surface area contributed by atoms with E-state index < -0.39 is 0 Å². The number of rotatable bonds is 3. The van der Waals surface area contributed by atoms with Crippen molar-refractivity contribution in [2.45, 2.75) is 25.1 Å². The minimum Gasteiger partial charge on any atom is -0.378 e. The summed E-state index contributed by atoms with van der Waals surface area (Å²) in [7, 11) is 1.87. The summed E-state index contributed by atoms with van der Waals surface area (Å²) in [5.74, 6) is 2.16. The largest absolute Gasteiger partial charge is 0.378 e. The molecular formula is C19H31IN4OS. The molecule has 1 aromatic carbocycles. The lowest BCUT2D eigenvalue weighted by Crippen LogP contribution is -2.50. The molecule has 3 rings (SSSR count). The Labute approximate surface area is 179 Å². The second-order valence-corrected chi connectivity index (χ2v) is 9.00. The number of halogens is 1. The van der Waals surface area contributed by atoms with Gasteiger partial charge >= 0.3 is 0 Å². The van der Waals surface area contributed by atoms with Crippen LogP contribution < -0.4 is 10.2 Å². The summed E-state index contributed by atoms with van der Waals surface area (Å²) in [5, 5.41) is 3.53. The molecule has 0 spiro atoms.